The number of amides is 1. The maximum Gasteiger partial charge on any atom is 0.260 e. The van der Waals surface area contributed by atoms with Gasteiger partial charge < -0.3 is 14.4 Å². The van der Waals surface area contributed by atoms with Crippen LogP contribution in [0.25, 0.3) is 0 Å². The molecular weight excluding hydrogens is 350 g/mol. The monoisotopic (exact) mass is 387 g/mol. The number of hydrogen-bond acceptors (Lipinski definition) is 3. The molecule has 0 radical (unpaired) electrons. The van der Waals surface area contributed by atoms with E-state index in [1.54, 1.807) is 0 Å². The molecule has 1 amide bonds. The van der Waals surface area contributed by atoms with Crippen LogP contribution in [0.15, 0.2) is 24.3 Å². The molecule has 4 heteroatoms. The highest BCUT2D eigenvalue weighted by molar-refractivity contribution is 5.77. The Morgan fingerprint density at radius 1 is 1.11 bits per heavy atom. The minimum absolute atomic E-state index is 0.0591. The zero-order chi connectivity index (χ0) is 19.8. The van der Waals surface area contributed by atoms with Gasteiger partial charge in [-0.15, -0.1) is 0 Å². The van der Waals surface area contributed by atoms with Crippen molar-refractivity contribution in [2.75, 3.05) is 26.3 Å². The Balaban J connectivity index is 1.62. The minimum Gasteiger partial charge on any atom is -0.484 e. The van der Waals surface area contributed by atoms with Gasteiger partial charge in [0.1, 0.15) is 5.75 Å². The lowest BCUT2D eigenvalue weighted by molar-refractivity contribution is -0.140. The quantitative estimate of drug-likeness (QED) is 0.651. The average molecular weight is 388 g/mol. The zero-order valence-corrected chi connectivity index (χ0v) is 17.8. The highest BCUT2D eigenvalue weighted by Gasteiger charge is 2.44. The molecule has 2 fully saturated rings. The fourth-order valence-electron chi connectivity index (χ4n) is 4.85. The largest absolute Gasteiger partial charge is 0.484 e. The molecule has 4 nitrogen and oxygen atoms in total. The van der Waals surface area contributed by atoms with Crippen molar-refractivity contribution in [2.45, 2.75) is 77.2 Å². The summed E-state index contributed by atoms with van der Waals surface area (Å²) in [4.78, 5) is 14.9. The number of aryl methyl sites for hydroxylation is 1. The molecular formula is C24H37NO3. The van der Waals surface area contributed by atoms with Crippen molar-refractivity contribution >= 4 is 5.91 Å². The van der Waals surface area contributed by atoms with Crippen molar-refractivity contribution in [1.82, 2.24) is 4.90 Å². The molecule has 1 atom stereocenters. The molecule has 1 unspecified atom stereocenters. The van der Waals surface area contributed by atoms with Crippen LogP contribution >= 0.6 is 0 Å². The van der Waals surface area contributed by atoms with E-state index in [0.29, 0.717) is 19.0 Å². The lowest BCUT2D eigenvalue weighted by Gasteiger charge is -2.41. The van der Waals surface area contributed by atoms with Crippen LogP contribution in [-0.4, -0.2) is 42.7 Å². The summed E-state index contributed by atoms with van der Waals surface area (Å²) in [5.41, 5.74) is 1.04. The number of carbonyl (C=O) groups is 1. The first-order chi connectivity index (χ1) is 13.6. The van der Waals surface area contributed by atoms with Crippen molar-refractivity contribution in [3.63, 3.8) is 0 Å². The number of benzene rings is 1. The molecule has 2 aliphatic rings. The van der Waals surface area contributed by atoms with E-state index in [1.807, 2.05) is 36.1 Å². The molecule has 1 aromatic rings. The van der Waals surface area contributed by atoms with E-state index in [2.05, 4.69) is 6.92 Å². The molecule has 1 aromatic carbocycles. The van der Waals surface area contributed by atoms with Crippen molar-refractivity contribution < 1.29 is 14.3 Å². The van der Waals surface area contributed by atoms with Crippen LogP contribution in [-0.2, 0) is 9.53 Å². The Hall–Kier alpha value is -1.55. The van der Waals surface area contributed by atoms with Crippen molar-refractivity contribution in [3.05, 3.63) is 29.8 Å². The van der Waals surface area contributed by atoms with Gasteiger partial charge in [-0.2, -0.15) is 0 Å². The van der Waals surface area contributed by atoms with Gasteiger partial charge in [0.05, 0.1) is 12.1 Å². The standard InChI is InChI=1S/C24H37NO3/c1-3-25(23(26)18-27-22-14-12-20(2)13-15-22)19-24(16-9-17-28-24)21-10-7-5-4-6-8-11-21/h12-15,21H,3-11,16-19H2,1-2H3. The number of carbonyl (C=O) groups excluding carboxylic acids is 1. The molecule has 28 heavy (non-hydrogen) atoms. The third-order valence-electron chi connectivity index (χ3n) is 6.56. The first-order valence-electron chi connectivity index (χ1n) is 11.2. The number of likely N-dealkylation sites (N-methyl/N-ethyl adjacent to an activating group) is 1. The van der Waals surface area contributed by atoms with E-state index in [9.17, 15) is 4.79 Å². The molecule has 3 rings (SSSR count). The summed E-state index contributed by atoms with van der Waals surface area (Å²) in [6.45, 7) is 6.45. The van der Waals surface area contributed by atoms with Crippen LogP contribution in [0.4, 0.5) is 0 Å². The molecule has 0 bridgehead atoms. The molecule has 1 saturated carbocycles. The Labute approximate surface area is 170 Å². The number of rotatable bonds is 7. The molecule has 0 N–H and O–H groups in total. The molecule has 1 aliphatic heterocycles. The normalized spacial score (nSPS) is 23.8. The Bertz CT molecular complexity index is 599. The second-order valence-corrected chi connectivity index (χ2v) is 8.57. The fourth-order valence-corrected chi connectivity index (χ4v) is 4.85. The summed E-state index contributed by atoms with van der Waals surface area (Å²) in [6.07, 6.45) is 11.3. The maximum absolute atomic E-state index is 12.9. The summed E-state index contributed by atoms with van der Waals surface area (Å²) < 4.78 is 12.2. The van der Waals surface area contributed by atoms with Gasteiger partial charge in [-0.05, 0) is 57.6 Å². The van der Waals surface area contributed by atoms with Crippen LogP contribution in [0, 0.1) is 12.8 Å². The van der Waals surface area contributed by atoms with Crippen LogP contribution in [0.3, 0.4) is 0 Å². The molecule has 0 spiro atoms. The average Bonchev–Trinajstić information content (AvgIpc) is 3.14. The third kappa shape index (κ3) is 5.50. The molecule has 1 aliphatic carbocycles. The van der Waals surface area contributed by atoms with Gasteiger partial charge in [-0.3, -0.25) is 4.79 Å². The number of ether oxygens (including phenoxy) is 2. The van der Waals surface area contributed by atoms with Crippen LogP contribution < -0.4 is 4.74 Å². The van der Waals surface area contributed by atoms with Gasteiger partial charge in [0, 0.05) is 13.2 Å². The highest BCUT2D eigenvalue weighted by atomic mass is 16.5. The summed E-state index contributed by atoms with van der Waals surface area (Å²) in [7, 11) is 0. The molecule has 1 heterocycles. The molecule has 1 saturated heterocycles. The lowest BCUT2D eigenvalue weighted by Crippen LogP contribution is -2.51. The van der Waals surface area contributed by atoms with E-state index in [1.165, 1.54) is 50.5 Å². The van der Waals surface area contributed by atoms with Gasteiger partial charge in [0.25, 0.3) is 5.91 Å². The van der Waals surface area contributed by atoms with Crippen LogP contribution in [0.5, 0.6) is 5.75 Å². The van der Waals surface area contributed by atoms with E-state index >= 15 is 0 Å². The second-order valence-electron chi connectivity index (χ2n) is 8.57. The van der Waals surface area contributed by atoms with Crippen molar-refractivity contribution in [3.8, 4) is 5.75 Å². The third-order valence-corrected chi connectivity index (χ3v) is 6.56. The predicted molar refractivity (Wildman–Crippen MR) is 113 cm³/mol. The van der Waals surface area contributed by atoms with Gasteiger partial charge in [-0.25, -0.2) is 0 Å². The Morgan fingerprint density at radius 3 is 2.39 bits per heavy atom. The summed E-state index contributed by atoms with van der Waals surface area (Å²) >= 11 is 0. The topological polar surface area (TPSA) is 38.8 Å². The minimum atomic E-state index is -0.146. The van der Waals surface area contributed by atoms with E-state index in [-0.39, 0.29) is 18.1 Å². The SMILES string of the molecule is CCN(CC1(C2CCCCCCC2)CCCO1)C(=O)COc1ccc(C)cc1. The van der Waals surface area contributed by atoms with Crippen LogP contribution in [0.2, 0.25) is 0 Å². The van der Waals surface area contributed by atoms with Gasteiger partial charge >= 0.3 is 0 Å². The summed E-state index contributed by atoms with van der Waals surface area (Å²) in [6, 6.07) is 7.87. The Kier molecular flexibility index (Phi) is 7.78. The lowest BCUT2D eigenvalue weighted by atomic mass is 9.76. The molecule has 0 aromatic heterocycles. The number of nitrogens with zero attached hydrogens (tertiary/aromatic N) is 1. The van der Waals surface area contributed by atoms with E-state index in [0.717, 1.165) is 25.2 Å². The van der Waals surface area contributed by atoms with Gasteiger partial charge in [0.15, 0.2) is 6.61 Å². The molecule has 156 valence electrons. The first kappa shape index (κ1) is 21.2. The first-order valence-corrected chi connectivity index (χ1v) is 11.2. The predicted octanol–water partition coefficient (Wildman–Crippen LogP) is 5.13. The van der Waals surface area contributed by atoms with Crippen molar-refractivity contribution in [2.24, 2.45) is 5.92 Å². The highest BCUT2D eigenvalue weighted by Crippen LogP contribution is 2.40. The summed E-state index contributed by atoms with van der Waals surface area (Å²) in [5, 5.41) is 0. The van der Waals surface area contributed by atoms with Gasteiger partial charge in [-0.1, -0.05) is 49.8 Å². The van der Waals surface area contributed by atoms with Crippen molar-refractivity contribution in [1.29, 1.82) is 0 Å². The summed E-state index contributed by atoms with van der Waals surface area (Å²) in [5.74, 6) is 1.39. The van der Waals surface area contributed by atoms with E-state index < -0.39 is 0 Å². The maximum atomic E-state index is 12.9. The fraction of sp³-hybridized carbons (Fsp3) is 0.708. The van der Waals surface area contributed by atoms with Crippen LogP contribution in [0.1, 0.15) is 70.3 Å². The second kappa shape index (κ2) is 10.3. The van der Waals surface area contributed by atoms with E-state index in [4.69, 9.17) is 9.47 Å². The Morgan fingerprint density at radius 2 is 1.79 bits per heavy atom. The smallest absolute Gasteiger partial charge is 0.260 e. The zero-order valence-electron chi connectivity index (χ0n) is 17.8. The number of hydrogen-bond donors (Lipinski definition) is 0. The van der Waals surface area contributed by atoms with Gasteiger partial charge in [0.2, 0.25) is 0 Å².